The average Bonchev–Trinajstić information content (AvgIpc) is 2.62. The second-order valence-corrected chi connectivity index (χ2v) is 8.50. The summed E-state index contributed by atoms with van der Waals surface area (Å²) in [4.78, 5) is 14.3. The maximum Gasteiger partial charge on any atom is 0.243 e. The van der Waals surface area contributed by atoms with Crippen molar-refractivity contribution in [2.45, 2.75) is 18.7 Å². The molecule has 8 nitrogen and oxygen atoms in total. The number of piperazine rings is 1. The van der Waals surface area contributed by atoms with Crippen molar-refractivity contribution in [1.29, 1.82) is 0 Å². The van der Waals surface area contributed by atoms with Crippen LogP contribution < -0.4 is 14.8 Å². The third-order valence-electron chi connectivity index (χ3n) is 4.83. The van der Waals surface area contributed by atoms with E-state index in [0.29, 0.717) is 64.0 Å². The summed E-state index contributed by atoms with van der Waals surface area (Å²) in [7, 11) is -3.65. The van der Waals surface area contributed by atoms with Crippen molar-refractivity contribution in [3.05, 3.63) is 18.2 Å². The lowest BCUT2D eigenvalue weighted by molar-refractivity contribution is -0.138. The van der Waals surface area contributed by atoms with E-state index in [9.17, 15) is 13.2 Å². The quantitative estimate of drug-likeness (QED) is 0.689. The van der Waals surface area contributed by atoms with Crippen molar-refractivity contribution >= 4 is 28.3 Å². The summed E-state index contributed by atoms with van der Waals surface area (Å²) in [6.45, 7) is 7.45. The van der Waals surface area contributed by atoms with Gasteiger partial charge < -0.3 is 19.7 Å². The van der Waals surface area contributed by atoms with Crippen LogP contribution in [0, 0.1) is 5.92 Å². The number of halogens is 1. The molecule has 0 saturated carbocycles. The van der Waals surface area contributed by atoms with Crippen LogP contribution in [0.3, 0.4) is 0 Å². The molecular formula is C18H28ClN3O5S. The summed E-state index contributed by atoms with van der Waals surface area (Å²) in [5, 5.41) is 3.09. The van der Waals surface area contributed by atoms with Crippen molar-refractivity contribution in [3.8, 4) is 11.5 Å². The number of ether oxygens (including phenoxy) is 2. The molecule has 0 unspecified atom stereocenters. The van der Waals surface area contributed by atoms with Gasteiger partial charge in [-0.1, -0.05) is 0 Å². The Morgan fingerprint density at radius 2 is 1.68 bits per heavy atom. The van der Waals surface area contributed by atoms with Crippen LogP contribution in [0.25, 0.3) is 0 Å². The van der Waals surface area contributed by atoms with Gasteiger partial charge in [-0.05, 0) is 26.0 Å². The molecule has 2 fully saturated rings. The highest BCUT2D eigenvalue weighted by molar-refractivity contribution is 7.89. The third-order valence-corrected chi connectivity index (χ3v) is 6.73. The first-order valence-electron chi connectivity index (χ1n) is 9.36. The number of carbonyl (C=O) groups is 1. The highest BCUT2D eigenvalue weighted by atomic mass is 35.5. The van der Waals surface area contributed by atoms with E-state index in [0.717, 1.165) is 0 Å². The number of sulfonamides is 1. The molecule has 0 aliphatic carbocycles. The molecule has 158 valence electrons. The Morgan fingerprint density at radius 3 is 2.21 bits per heavy atom. The topological polar surface area (TPSA) is 88.2 Å². The fourth-order valence-corrected chi connectivity index (χ4v) is 4.65. The second-order valence-electron chi connectivity index (χ2n) is 6.56. The van der Waals surface area contributed by atoms with Crippen LogP contribution in [-0.2, 0) is 14.8 Å². The Morgan fingerprint density at radius 1 is 1.07 bits per heavy atom. The van der Waals surface area contributed by atoms with Crippen LogP contribution in [-0.4, -0.2) is 76.0 Å². The first-order valence-corrected chi connectivity index (χ1v) is 10.8. The van der Waals surface area contributed by atoms with Crippen molar-refractivity contribution in [2.24, 2.45) is 5.92 Å². The number of nitrogens with one attached hydrogen (secondary N) is 1. The minimum Gasteiger partial charge on any atom is -0.490 e. The van der Waals surface area contributed by atoms with Crippen LogP contribution in [0.4, 0.5) is 0 Å². The Bertz CT molecular complexity index is 777. The van der Waals surface area contributed by atoms with E-state index in [-0.39, 0.29) is 29.1 Å². The van der Waals surface area contributed by atoms with Crippen molar-refractivity contribution in [3.63, 3.8) is 0 Å². The van der Waals surface area contributed by atoms with Gasteiger partial charge in [0.2, 0.25) is 15.9 Å². The zero-order valence-electron chi connectivity index (χ0n) is 16.2. The SMILES string of the molecule is CCOc1ccc(S(=O)(=O)N2CCN(C(=O)C3CNC3)CC2)cc1OCC.Cl. The van der Waals surface area contributed by atoms with E-state index in [1.54, 1.807) is 17.0 Å². The summed E-state index contributed by atoms with van der Waals surface area (Å²) >= 11 is 0. The molecule has 0 radical (unpaired) electrons. The molecule has 1 aromatic carbocycles. The lowest BCUT2D eigenvalue weighted by Gasteiger charge is -2.38. The van der Waals surface area contributed by atoms with E-state index in [4.69, 9.17) is 9.47 Å². The molecule has 1 aromatic rings. The minimum absolute atomic E-state index is 0. The van der Waals surface area contributed by atoms with Gasteiger partial charge in [0.25, 0.3) is 0 Å². The standard InChI is InChI=1S/C18H27N3O5S.ClH/c1-3-25-16-6-5-15(11-17(16)26-4-2)27(23,24)21-9-7-20(8-10-21)18(22)14-12-19-13-14;/h5-6,11,14,19H,3-4,7-10,12-13H2,1-2H3;1H. The van der Waals surface area contributed by atoms with Crippen LogP contribution in [0.2, 0.25) is 0 Å². The molecule has 0 atom stereocenters. The normalized spacial score (nSPS) is 18.1. The first kappa shape index (κ1) is 22.7. The molecule has 3 rings (SSSR count). The average molecular weight is 434 g/mol. The number of benzene rings is 1. The van der Waals surface area contributed by atoms with E-state index in [1.165, 1.54) is 10.4 Å². The van der Waals surface area contributed by atoms with Gasteiger partial charge in [-0.25, -0.2) is 8.42 Å². The molecular weight excluding hydrogens is 406 g/mol. The predicted octanol–water partition coefficient (Wildman–Crippen LogP) is 0.958. The lowest BCUT2D eigenvalue weighted by Crippen LogP contribution is -2.57. The molecule has 2 aliphatic heterocycles. The van der Waals surface area contributed by atoms with Crippen LogP contribution >= 0.6 is 12.4 Å². The highest BCUT2D eigenvalue weighted by Crippen LogP contribution is 2.31. The molecule has 1 N–H and O–H groups in total. The molecule has 1 amide bonds. The van der Waals surface area contributed by atoms with Crippen LogP contribution in [0.5, 0.6) is 11.5 Å². The molecule has 2 saturated heterocycles. The van der Waals surface area contributed by atoms with Gasteiger partial charge in [-0.2, -0.15) is 4.31 Å². The van der Waals surface area contributed by atoms with Gasteiger partial charge in [0.1, 0.15) is 0 Å². The summed E-state index contributed by atoms with van der Waals surface area (Å²) in [6, 6.07) is 4.69. The maximum absolute atomic E-state index is 13.0. The number of carbonyl (C=O) groups excluding carboxylic acids is 1. The summed E-state index contributed by atoms with van der Waals surface area (Å²) in [5.41, 5.74) is 0. The van der Waals surface area contributed by atoms with Gasteiger partial charge in [0.15, 0.2) is 11.5 Å². The Balaban J connectivity index is 0.00000280. The lowest BCUT2D eigenvalue weighted by atomic mass is 10.0. The Hall–Kier alpha value is -1.55. The molecule has 10 heteroatoms. The molecule has 2 heterocycles. The number of amides is 1. The van der Waals surface area contributed by atoms with E-state index < -0.39 is 10.0 Å². The Kier molecular flexibility index (Phi) is 7.94. The molecule has 28 heavy (non-hydrogen) atoms. The largest absolute Gasteiger partial charge is 0.490 e. The molecule has 0 spiro atoms. The van der Waals surface area contributed by atoms with Gasteiger partial charge >= 0.3 is 0 Å². The smallest absolute Gasteiger partial charge is 0.243 e. The van der Waals surface area contributed by atoms with Gasteiger partial charge in [0, 0.05) is 45.3 Å². The fourth-order valence-electron chi connectivity index (χ4n) is 3.21. The number of rotatable bonds is 7. The zero-order valence-corrected chi connectivity index (χ0v) is 17.9. The molecule has 0 aromatic heterocycles. The third kappa shape index (κ3) is 4.71. The van der Waals surface area contributed by atoms with E-state index >= 15 is 0 Å². The van der Waals surface area contributed by atoms with Gasteiger partial charge in [0.05, 0.1) is 24.0 Å². The summed E-state index contributed by atoms with van der Waals surface area (Å²) < 4.78 is 38.5. The number of nitrogens with zero attached hydrogens (tertiary/aromatic N) is 2. The highest BCUT2D eigenvalue weighted by Gasteiger charge is 2.34. The monoisotopic (exact) mass is 433 g/mol. The second kappa shape index (κ2) is 9.78. The maximum atomic E-state index is 13.0. The number of hydrogen-bond donors (Lipinski definition) is 1. The fraction of sp³-hybridized carbons (Fsp3) is 0.611. The van der Waals surface area contributed by atoms with Gasteiger partial charge in [-0.3, -0.25) is 4.79 Å². The summed E-state index contributed by atoms with van der Waals surface area (Å²) in [6.07, 6.45) is 0. The van der Waals surface area contributed by atoms with Crippen LogP contribution in [0.15, 0.2) is 23.1 Å². The van der Waals surface area contributed by atoms with Crippen molar-refractivity contribution in [2.75, 3.05) is 52.5 Å². The zero-order chi connectivity index (χ0) is 19.4. The molecule has 0 bridgehead atoms. The van der Waals surface area contributed by atoms with Crippen molar-refractivity contribution < 1.29 is 22.7 Å². The van der Waals surface area contributed by atoms with Crippen molar-refractivity contribution in [1.82, 2.24) is 14.5 Å². The minimum atomic E-state index is -3.65. The Labute approximate surface area is 172 Å². The van der Waals surface area contributed by atoms with E-state index in [1.807, 2.05) is 13.8 Å². The first-order chi connectivity index (χ1) is 13.0. The van der Waals surface area contributed by atoms with E-state index in [2.05, 4.69) is 5.32 Å². The van der Waals surface area contributed by atoms with Gasteiger partial charge in [-0.15, -0.1) is 12.4 Å². The molecule has 2 aliphatic rings. The number of hydrogen-bond acceptors (Lipinski definition) is 6. The van der Waals surface area contributed by atoms with Crippen LogP contribution in [0.1, 0.15) is 13.8 Å². The predicted molar refractivity (Wildman–Crippen MR) is 108 cm³/mol. The summed E-state index contributed by atoms with van der Waals surface area (Å²) in [5.74, 6) is 1.10.